The van der Waals surface area contributed by atoms with E-state index in [9.17, 15) is 13.6 Å². The van der Waals surface area contributed by atoms with E-state index in [1.54, 1.807) is 38.2 Å². The molecule has 0 fully saturated rings. The molecular weight excluding hydrogens is 416 g/mol. The summed E-state index contributed by atoms with van der Waals surface area (Å²) in [4.78, 5) is 16.1. The van der Waals surface area contributed by atoms with Crippen LogP contribution in [0, 0.1) is 5.82 Å². The molecule has 0 saturated heterocycles. The minimum Gasteiger partial charge on any atom is -0.462 e. The van der Waals surface area contributed by atoms with Crippen LogP contribution in [0.1, 0.15) is 29.4 Å². The Labute approximate surface area is 185 Å². The molecule has 0 radical (unpaired) electrons. The number of pyridine rings is 1. The first-order valence-corrected chi connectivity index (χ1v) is 10.3. The lowest BCUT2D eigenvalue weighted by Crippen LogP contribution is -2.14. The van der Waals surface area contributed by atoms with Gasteiger partial charge in [0.25, 0.3) is 0 Å². The Morgan fingerprint density at radius 3 is 2.72 bits per heavy atom. The number of hydrogen-bond acceptors (Lipinski definition) is 7. The van der Waals surface area contributed by atoms with Crippen LogP contribution in [-0.4, -0.2) is 47.5 Å². The highest BCUT2D eigenvalue weighted by molar-refractivity contribution is 5.97. The molecule has 168 valence electrons. The smallest absolute Gasteiger partial charge is 0.340 e. The van der Waals surface area contributed by atoms with Crippen LogP contribution in [-0.2, 0) is 11.2 Å². The summed E-state index contributed by atoms with van der Waals surface area (Å²) >= 11 is 0. The SMILES string of the molecule is CCOC(=O)c1cc(-c2ccc(NCC[C@H](F)Cc3ncccc3F)nn2)ccc1NC. The van der Waals surface area contributed by atoms with Crippen LogP contribution < -0.4 is 10.6 Å². The van der Waals surface area contributed by atoms with Gasteiger partial charge in [-0.05, 0) is 49.7 Å². The van der Waals surface area contributed by atoms with Crippen molar-refractivity contribution in [3.8, 4) is 11.3 Å². The summed E-state index contributed by atoms with van der Waals surface area (Å²) in [5, 5.41) is 14.3. The Kier molecular flexibility index (Phi) is 8.02. The van der Waals surface area contributed by atoms with Crippen LogP contribution in [0.25, 0.3) is 11.3 Å². The lowest BCUT2D eigenvalue weighted by Gasteiger charge is -2.11. The standard InChI is InChI=1S/C23H25F2N5O2/c1-3-32-23(31)17-13-15(6-7-20(17)26-2)19-8-9-22(30-29-19)28-12-10-16(24)14-21-18(25)5-4-11-27-21/h4-9,11,13,16,26H,3,10,12,14H2,1-2H3,(H,28,30)/t16-/m0/s1. The Balaban J connectivity index is 1.58. The fraction of sp³-hybridized carbons (Fsp3) is 0.304. The number of carbonyl (C=O) groups is 1. The largest absolute Gasteiger partial charge is 0.462 e. The molecule has 0 aliphatic heterocycles. The van der Waals surface area contributed by atoms with Crippen LogP contribution in [0.5, 0.6) is 0 Å². The fourth-order valence-corrected chi connectivity index (χ4v) is 3.12. The molecule has 0 amide bonds. The van der Waals surface area contributed by atoms with E-state index >= 15 is 0 Å². The Bertz CT molecular complexity index is 1050. The van der Waals surface area contributed by atoms with E-state index in [0.29, 0.717) is 34.9 Å². The molecule has 0 saturated carbocycles. The summed E-state index contributed by atoms with van der Waals surface area (Å²) in [6.07, 6.45) is 0.312. The van der Waals surface area contributed by atoms with Crippen molar-refractivity contribution < 1.29 is 18.3 Å². The summed E-state index contributed by atoms with van der Waals surface area (Å²) in [6, 6.07) is 11.5. The first-order valence-electron chi connectivity index (χ1n) is 10.3. The molecule has 0 aliphatic rings. The van der Waals surface area contributed by atoms with Gasteiger partial charge in [-0.1, -0.05) is 6.07 Å². The quantitative estimate of drug-likeness (QED) is 0.454. The van der Waals surface area contributed by atoms with Crippen molar-refractivity contribution in [1.29, 1.82) is 0 Å². The number of ether oxygens (including phenoxy) is 1. The molecule has 3 rings (SSSR count). The van der Waals surface area contributed by atoms with Crippen LogP contribution >= 0.6 is 0 Å². The average molecular weight is 441 g/mol. The molecule has 0 spiro atoms. The number of esters is 1. The molecule has 1 atom stereocenters. The van der Waals surface area contributed by atoms with Gasteiger partial charge in [0.2, 0.25) is 0 Å². The number of nitrogens with one attached hydrogen (secondary N) is 2. The van der Waals surface area contributed by atoms with Gasteiger partial charge in [-0.15, -0.1) is 10.2 Å². The number of carbonyl (C=O) groups excluding carboxylic acids is 1. The van der Waals surface area contributed by atoms with E-state index in [1.165, 1.54) is 18.3 Å². The zero-order valence-corrected chi connectivity index (χ0v) is 17.9. The zero-order chi connectivity index (χ0) is 22.9. The number of nitrogens with zero attached hydrogens (tertiary/aromatic N) is 3. The van der Waals surface area contributed by atoms with E-state index < -0.39 is 18.0 Å². The average Bonchev–Trinajstić information content (AvgIpc) is 2.81. The molecule has 1 aromatic carbocycles. The van der Waals surface area contributed by atoms with Gasteiger partial charge in [0, 0.05) is 37.5 Å². The van der Waals surface area contributed by atoms with Crippen molar-refractivity contribution in [1.82, 2.24) is 15.2 Å². The molecule has 0 bridgehead atoms. The molecule has 0 aliphatic carbocycles. The minimum atomic E-state index is -1.23. The van der Waals surface area contributed by atoms with Gasteiger partial charge in [-0.25, -0.2) is 13.6 Å². The predicted molar refractivity (Wildman–Crippen MR) is 119 cm³/mol. The second-order valence-electron chi connectivity index (χ2n) is 6.98. The molecular formula is C23H25F2N5O2. The monoisotopic (exact) mass is 441 g/mol. The Hall–Kier alpha value is -3.62. The summed E-state index contributed by atoms with van der Waals surface area (Å²) in [6.45, 7) is 2.34. The number of hydrogen-bond donors (Lipinski definition) is 2. The van der Waals surface area contributed by atoms with Gasteiger partial charge in [0.1, 0.15) is 17.8 Å². The summed E-state index contributed by atoms with van der Waals surface area (Å²) in [7, 11) is 1.73. The van der Waals surface area contributed by atoms with Crippen molar-refractivity contribution in [2.75, 3.05) is 30.8 Å². The number of alkyl halides is 1. The maximum absolute atomic E-state index is 14.2. The van der Waals surface area contributed by atoms with Crippen LogP contribution in [0.2, 0.25) is 0 Å². The van der Waals surface area contributed by atoms with Crippen molar-refractivity contribution in [3.05, 3.63) is 65.7 Å². The highest BCUT2D eigenvalue weighted by Gasteiger charge is 2.15. The maximum Gasteiger partial charge on any atom is 0.340 e. The van der Waals surface area contributed by atoms with Crippen molar-refractivity contribution in [2.24, 2.45) is 0 Å². The number of halogens is 2. The van der Waals surface area contributed by atoms with E-state index in [-0.39, 0.29) is 25.1 Å². The molecule has 2 heterocycles. The fourth-order valence-electron chi connectivity index (χ4n) is 3.12. The highest BCUT2D eigenvalue weighted by atomic mass is 19.1. The van der Waals surface area contributed by atoms with E-state index in [1.807, 2.05) is 6.07 Å². The topological polar surface area (TPSA) is 89.0 Å². The third-order valence-electron chi connectivity index (χ3n) is 4.76. The molecule has 7 nitrogen and oxygen atoms in total. The predicted octanol–water partition coefficient (Wildman–Crippen LogP) is 4.28. The summed E-state index contributed by atoms with van der Waals surface area (Å²) in [5.74, 6) is -0.433. The number of aromatic nitrogens is 3. The molecule has 2 N–H and O–H groups in total. The normalized spacial score (nSPS) is 11.6. The molecule has 2 aromatic heterocycles. The Morgan fingerprint density at radius 2 is 2.03 bits per heavy atom. The van der Waals surface area contributed by atoms with Gasteiger partial charge in [0.05, 0.1) is 23.6 Å². The van der Waals surface area contributed by atoms with Crippen LogP contribution in [0.3, 0.4) is 0 Å². The number of rotatable bonds is 10. The Morgan fingerprint density at radius 1 is 1.19 bits per heavy atom. The molecule has 9 heteroatoms. The second kappa shape index (κ2) is 11.1. The van der Waals surface area contributed by atoms with E-state index in [4.69, 9.17) is 4.74 Å². The van der Waals surface area contributed by atoms with Gasteiger partial charge in [-0.2, -0.15) is 0 Å². The van der Waals surface area contributed by atoms with Gasteiger partial charge in [0.15, 0.2) is 0 Å². The lowest BCUT2D eigenvalue weighted by atomic mass is 10.1. The minimum absolute atomic E-state index is 0.0790. The lowest BCUT2D eigenvalue weighted by molar-refractivity contribution is 0.0527. The first-order chi connectivity index (χ1) is 15.5. The third kappa shape index (κ3) is 5.96. The van der Waals surface area contributed by atoms with Crippen molar-refractivity contribution >= 4 is 17.5 Å². The van der Waals surface area contributed by atoms with Gasteiger partial charge < -0.3 is 15.4 Å². The third-order valence-corrected chi connectivity index (χ3v) is 4.76. The molecule has 32 heavy (non-hydrogen) atoms. The van der Waals surface area contributed by atoms with Crippen LogP contribution in [0.4, 0.5) is 20.3 Å². The number of benzene rings is 1. The van der Waals surface area contributed by atoms with Crippen molar-refractivity contribution in [3.63, 3.8) is 0 Å². The zero-order valence-electron chi connectivity index (χ0n) is 17.9. The summed E-state index contributed by atoms with van der Waals surface area (Å²) in [5.41, 5.74) is 2.49. The maximum atomic E-state index is 14.2. The molecule has 0 unspecified atom stereocenters. The second-order valence-corrected chi connectivity index (χ2v) is 6.98. The number of anilines is 2. The van der Waals surface area contributed by atoms with Gasteiger partial charge >= 0.3 is 5.97 Å². The summed E-state index contributed by atoms with van der Waals surface area (Å²) < 4.78 is 32.8. The van der Waals surface area contributed by atoms with Crippen molar-refractivity contribution in [2.45, 2.75) is 25.9 Å². The van der Waals surface area contributed by atoms with Crippen LogP contribution in [0.15, 0.2) is 48.7 Å². The highest BCUT2D eigenvalue weighted by Crippen LogP contribution is 2.25. The van der Waals surface area contributed by atoms with E-state index in [2.05, 4.69) is 25.8 Å². The molecule has 3 aromatic rings. The first kappa shape index (κ1) is 23.1. The van der Waals surface area contributed by atoms with E-state index in [0.717, 1.165) is 0 Å². The van der Waals surface area contributed by atoms with Gasteiger partial charge in [-0.3, -0.25) is 4.98 Å².